The molecule has 0 saturated carbocycles. The minimum atomic E-state index is -0.197. The minimum absolute atomic E-state index is 0.197. The summed E-state index contributed by atoms with van der Waals surface area (Å²) in [6.45, 7) is 4.27. The number of halogens is 1. The maximum absolute atomic E-state index is 13.5. The molecule has 1 aromatic heterocycles. The van der Waals surface area contributed by atoms with Gasteiger partial charge in [0.05, 0.1) is 16.9 Å². The topological polar surface area (TPSA) is 48.7 Å². The lowest BCUT2D eigenvalue weighted by atomic mass is 10.1. The van der Waals surface area contributed by atoms with Crippen LogP contribution in [0.2, 0.25) is 0 Å². The van der Waals surface area contributed by atoms with E-state index in [0.29, 0.717) is 29.8 Å². The van der Waals surface area contributed by atoms with Crippen molar-refractivity contribution in [1.82, 2.24) is 4.98 Å². The Bertz CT molecular complexity index is 659. The number of nitriles is 1. The van der Waals surface area contributed by atoms with Gasteiger partial charge in [0.25, 0.3) is 0 Å². The largest absolute Gasteiger partial charge is 0.384 e. The van der Waals surface area contributed by atoms with Gasteiger partial charge in [-0.2, -0.15) is 5.26 Å². The second kappa shape index (κ2) is 6.16. The molecule has 0 fully saturated rings. The van der Waals surface area contributed by atoms with Gasteiger partial charge in [0.2, 0.25) is 0 Å². The molecule has 0 aliphatic rings. The van der Waals surface area contributed by atoms with Crippen LogP contribution in [0.25, 0.3) is 0 Å². The van der Waals surface area contributed by atoms with Crippen molar-refractivity contribution >= 4 is 5.69 Å². The molecule has 3 nitrogen and oxygen atoms in total. The van der Waals surface area contributed by atoms with Crippen LogP contribution in [0.4, 0.5) is 10.1 Å². The highest BCUT2D eigenvalue weighted by Crippen LogP contribution is 2.18. The molecule has 2 rings (SSSR count). The smallest absolute Gasteiger partial charge is 0.126 e. The number of aromatic nitrogens is 1. The molecule has 4 heteroatoms. The normalized spacial score (nSPS) is 10.1. The zero-order valence-corrected chi connectivity index (χ0v) is 11.6. The zero-order chi connectivity index (χ0) is 14.5. The van der Waals surface area contributed by atoms with E-state index in [4.69, 9.17) is 5.26 Å². The molecule has 102 valence electrons. The average Bonchev–Trinajstić information content (AvgIpc) is 2.40. The average molecular weight is 269 g/mol. The highest BCUT2D eigenvalue weighted by Gasteiger charge is 2.08. The van der Waals surface area contributed by atoms with E-state index in [9.17, 15) is 4.39 Å². The molecule has 0 amide bonds. The van der Waals surface area contributed by atoms with E-state index in [1.807, 2.05) is 26.0 Å². The summed E-state index contributed by atoms with van der Waals surface area (Å²) < 4.78 is 13.5. The molecule has 1 N–H and O–H groups in total. The van der Waals surface area contributed by atoms with Crippen molar-refractivity contribution in [3.05, 3.63) is 58.7 Å². The van der Waals surface area contributed by atoms with E-state index in [0.717, 1.165) is 11.4 Å². The van der Waals surface area contributed by atoms with Gasteiger partial charge in [-0.3, -0.25) is 4.98 Å². The SMILES string of the molecule is Cc1cc(NCCc2ccccc2F)c(C#N)c(C)n1. The number of hydrogen-bond donors (Lipinski definition) is 1. The van der Waals surface area contributed by atoms with Gasteiger partial charge in [-0.1, -0.05) is 18.2 Å². The van der Waals surface area contributed by atoms with Crippen molar-refractivity contribution in [2.24, 2.45) is 0 Å². The van der Waals surface area contributed by atoms with Crippen molar-refractivity contribution in [2.45, 2.75) is 20.3 Å². The molecule has 0 bridgehead atoms. The first-order chi connectivity index (χ1) is 9.61. The van der Waals surface area contributed by atoms with E-state index in [1.165, 1.54) is 6.07 Å². The van der Waals surface area contributed by atoms with Crippen molar-refractivity contribution in [3.63, 3.8) is 0 Å². The molecule has 2 aromatic rings. The number of hydrogen-bond acceptors (Lipinski definition) is 3. The van der Waals surface area contributed by atoms with Crippen LogP contribution in [0.1, 0.15) is 22.5 Å². The molecule has 0 aliphatic carbocycles. The van der Waals surface area contributed by atoms with E-state index in [1.54, 1.807) is 12.1 Å². The fourth-order valence-corrected chi connectivity index (χ4v) is 2.14. The summed E-state index contributed by atoms with van der Waals surface area (Å²) in [5.41, 5.74) is 3.54. The Kier molecular flexibility index (Phi) is 4.31. The standard InChI is InChI=1S/C16H16FN3/c1-11-9-16(14(10-18)12(2)20-11)19-8-7-13-5-3-4-6-15(13)17/h3-6,9H,7-8H2,1-2H3,(H,19,20). The molecule has 0 spiro atoms. The van der Waals surface area contributed by atoms with Crippen molar-refractivity contribution in [1.29, 1.82) is 5.26 Å². The van der Waals surface area contributed by atoms with E-state index >= 15 is 0 Å². The minimum Gasteiger partial charge on any atom is -0.384 e. The Labute approximate surface area is 118 Å². The highest BCUT2D eigenvalue weighted by atomic mass is 19.1. The molecule has 0 aliphatic heterocycles. The third kappa shape index (κ3) is 3.12. The Hall–Kier alpha value is -2.41. The van der Waals surface area contributed by atoms with Gasteiger partial charge in [-0.05, 0) is 38.0 Å². The molecule has 0 atom stereocenters. The van der Waals surface area contributed by atoms with Gasteiger partial charge in [0.1, 0.15) is 11.9 Å². The fraction of sp³-hybridized carbons (Fsp3) is 0.250. The molecule has 1 aromatic carbocycles. The molecule has 0 radical (unpaired) electrons. The number of benzene rings is 1. The quantitative estimate of drug-likeness (QED) is 0.925. The highest BCUT2D eigenvalue weighted by molar-refractivity contribution is 5.59. The Morgan fingerprint density at radius 2 is 2.05 bits per heavy atom. The van der Waals surface area contributed by atoms with E-state index in [2.05, 4.69) is 16.4 Å². The number of nitrogens with one attached hydrogen (secondary N) is 1. The Balaban J connectivity index is 2.09. The van der Waals surface area contributed by atoms with Crippen molar-refractivity contribution < 1.29 is 4.39 Å². The van der Waals surface area contributed by atoms with Crippen LogP contribution in [0.5, 0.6) is 0 Å². The summed E-state index contributed by atoms with van der Waals surface area (Å²) in [6.07, 6.45) is 0.567. The van der Waals surface area contributed by atoms with Crippen LogP contribution in [-0.2, 0) is 6.42 Å². The molecule has 1 heterocycles. The van der Waals surface area contributed by atoms with Crippen LogP contribution in [0, 0.1) is 31.0 Å². The molecule has 20 heavy (non-hydrogen) atoms. The van der Waals surface area contributed by atoms with Gasteiger partial charge in [-0.15, -0.1) is 0 Å². The van der Waals surface area contributed by atoms with Gasteiger partial charge in [0, 0.05) is 12.2 Å². The predicted octanol–water partition coefficient (Wildman–Crippen LogP) is 3.36. The van der Waals surface area contributed by atoms with Gasteiger partial charge in [0.15, 0.2) is 0 Å². The van der Waals surface area contributed by atoms with Crippen LogP contribution >= 0.6 is 0 Å². The maximum Gasteiger partial charge on any atom is 0.126 e. The lowest BCUT2D eigenvalue weighted by Crippen LogP contribution is -2.09. The van der Waals surface area contributed by atoms with Crippen molar-refractivity contribution in [2.75, 3.05) is 11.9 Å². The second-order valence-electron chi connectivity index (χ2n) is 4.65. The third-order valence-corrected chi connectivity index (χ3v) is 3.11. The number of pyridine rings is 1. The van der Waals surface area contributed by atoms with Crippen LogP contribution in [0.15, 0.2) is 30.3 Å². The summed E-state index contributed by atoms with van der Waals surface area (Å²) in [5.74, 6) is -0.197. The van der Waals surface area contributed by atoms with Gasteiger partial charge >= 0.3 is 0 Å². The molecule has 0 saturated heterocycles. The summed E-state index contributed by atoms with van der Waals surface area (Å²) in [5, 5.41) is 12.4. The third-order valence-electron chi connectivity index (χ3n) is 3.11. The molecular weight excluding hydrogens is 253 g/mol. The summed E-state index contributed by atoms with van der Waals surface area (Å²) in [7, 11) is 0. The zero-order valence-electron chi connectivity index (χ0n) is 11.6. The first kappa shape index (κ1) is 14.0. The van der Waals surface area contributed by atoms with Gasteiger partial charge < -0.3 is 5.32 Å². The first-order valence-electron chi connectivity index (χ1n) is 6.47. The number of aryl methyl sites for hydroxylation is 2. The second-order valence-corrected chi connectivity index (χ2v) is 4.65. The summed E-state index contributed by atoms with van der Waals surface area (Å²) in [4.78, 5) is 4.26. The molecule has 0 unspecified atom stereocenters. The number of rotatable bonds is 4. The lowest BCUT2D eigenvalue weighted by molar-refractivity contribution is 0.610. The lowest BCUT2D eigenvalue weighted by Gasteiger charge is -2.11. The monoisotopic (exact) mass is 269 g/mol. The first-order valence-corrected chi connectivity index (χ1v) is 6.47. The summed E-state index contributed by atoms with van der Waals surface area (Å²) >= 11 is 0. The maximum atomic E-state index is 13.5. The van der Waals surface area contributed by atoms with E-state index in [-0.39, 0.29) is 5.82 Å². The number of nitrogens with zero attached hydrogens (tertiary/aromatic N) is 2. The number of anilines is 1. The summed E-state index contributed by atoms with van der Waals surface area (Å²) in [6, 6.07) is 10.7. The van der Waals surface area contributed by atoms with Crippen LogP contribution in [0.3, 0.4) is 0 Å². The Morgan fingerprint density at radius 3 is 2.75 bits per heavy atom. The van der Waals surface area contributed by atoms with Crippen molar-refractivity contribution in [3.8, 4) is 6.07 Å². The fourth-order valence-electron chi connectivity index (χ4n) is 2.14. The van der Waals surface area contributed by atoms with Crippen LogP contribution < -0.4 is 5.32 Å². The molecular formula is C16H16FN3. The van der Waals surface area contributed by atoms with E-state index < -0.39 is 0 Å². The van der Waals surface area contributed by atoms with Gasteiger partial charge in [-0.25, -0.2) is 4.39 Å². The predicted molar refractivity (Wildman–Crippen MR) is 77.0 cm³/mol. The van der Waals surface area contributed by atoms with Crippen LogP contribution in [-0.4, -0.2) is 11.5 Å². The Morgan fingerprint density at radius 1 is 1.30 bits per heavy atom.